The van der Waals surface area contributed by atoms with E-state index in [9.17, 15) is 14.4 Å². The summed E-state index contributed by atoms with van der Waals surface area (Å²) in [5.41, 5.74) is 2.24. The van der Waals surface area contributed by atoms with Crippen molar-refractivity contribution in [3.05, 3.63) is 57.9 Å². The third kappa shape index (κ3) is 4.80. The molecule has 0 bridgehead atoms. The number of anilines is 1. The summed E-state index contributed by atoms with van der Waals surface area (Å²) in [6.07, 6.45) is 0. The fourth-order valence-corrected chi connectivity index (χ4v) is 2.68. The number of nitrogens with one attached hydrogen (secondary N) is 2. The van der Waals surface area contributed by atoms with Crippen molar-refractivity contribution >= 4 is 35.1 Å². The van der Waals surface area contributed by atoms with Crippen molar-refractivity contribution in [1.29, 1.82) is 0 Å². The fraction of sp³-hybridized carbons (Fsp3) is 0.222. The minimum Gasteiger partial charge on any atom is -0.452 e. The fourth-order valence-electron chi connectivity index (χ4n) is 2.32. The number of halogens is 1. The van der Waals surface area contributed by atoms with Crippen LogP contribution in [-0.2, 0) is 9.53 Å². The number of benzene rings is 1. The molecule has 0 radical (unpaired) electrons. The van der Waals surface area contributed by atoms with Crippen LogP contribution in [-0.4, -0.2) is 36.4 Å². The van der Waals surface area contributed by atoms with E-state index in [1.54, 1.807) is 38.1 Å². The second-order valence-electron chi connectivity index (χ2n) is 5.53. The van der Waals surface area contributed by atoms with Crippen molar-refractivity contribution in [3.8, 4) is 0 Å². The smallest absolute Gasteiger partial charge is 0.342 e. The molecule has 0 fully saturated rings. The van der Waals surface area contributed by atoms with E-state index in [1.807, 2.05) is 0 Å². The Morgan fingerprint density at radius 1 is 1.19 bits per heavy atom. The van der Waals surface area contributed by atoms with E-state index in [-0.39, 0.29) is 16.6 Å². The molecular weight excluding hydrogens is 358 g/mol. The zero-order valence-corrected chi connectivity index (χ0v) is 15.3. The van der Waals surface area contributed by atoms with Crippen LogP contribution in [0.1, 0.15) is 32.0 Å². The van der Waals surface area contributed by atoms with Crippen LogP contribution in [0.25, 0.3) is 0 Å². The topological polar surface area (TPSA) is 97.4 Å². The standard InChI is InChI=1S/C18H18ClN3O4/c1-10-7-11(2)21-16(19)15(10)18(25)26-9-14(23)22-13-6-4-5-12(8-13)17(24)20-3/h4-8H,9H2,1-3H3,(H,20,24)(H,22,23). The highest BCUT2D eigenvalue weighted by molar-refractivity contribution is 6.32. The first kappa shape index (κ1) is 19.4. The summed E-state index contributed by atoms with van der Waals surface area (Å²) in [4.78, 5) is 39.8. The number of aromatic nitrogens is 1. The minimum atomic E-state index is -0.728. The van der Waals surface area contributed by atoms with Crippen molar-refractivity contribution in [2.24, 2.45) is 0 Å². The van der Waals surface area contributed by atoms with Crippen LogP contribution >= 0.6 is 11.6 Å². The Morgan fingerprint density at radius 2 is 1.92 bits per heavy atom. The van der Waals surface area contributed by atoms with Crippen molar-refractivity contribution in [1.82, 2.24) is 10.3 Å². The maximum atomic E-state index is 12.2. The number of carbonyl (C=O) groups excluding carboxylic acids is 3. The molecule has 1 aromatic heterocycles. The molecule has 0 aliphatic heterocycles. The lowest BCUT2D eigenvalue weighted by Gasteiger charge is -2.10. The van der Waals surface area contributed by atoms with E-state index in [0.717, 1.165) is 0 Å². The van der Waals surface area contributed by atoms with E-state index in [1.165, 1.54) is 13.1 Å². The van der Waals surface area contributed by atoms with Crippen LogP contribution in [0.2, 0.25) is 5.15 Å². The first-order valence-electron chi connectivity index (χ1n) is 7.74. The second kappa shape index (κ2) is 8.44. The molecule has 0 aliphatic carbocycles. The molecule has 1 heterocycles. The van der Waals surface area contributed by atoms with Crippen molar-refractivity contribution in [3.63, 3.8) is 0 Å². The minimum absolute atomic E-state index is 0.0335. The normalized spacial score (nSPS) is 10.2. The Morgan fingerprint density at radius 3 is 2.58 bits per heavy atom. The third-order valence-corrected chi connectivity index (χ3v) is 3.75. The predicted molar refractivity (Wildman–Crippen MR) is 97.5 cm³/mol. The van der Waals surface area contributed by atoms with Crippen LogP contribution in [0.4, 0.5) is 5.69 Å². The number of hydrogen-bond donors (Lipinski definition) is 2. The van der Waals surface area contributed by atoms with E-state index in [0.29, 0.717) is 22.5 Å². The van der Waals surface area contributed by atoms with Crippen molar-refractivity contribution in [2.75, 3.05) is 19.0 Å². The first-order chi connectivity index (χ1) is 12.3. The number of hydrogen-bond acceptors (Lipinski definition) is 5. The average molecular weight is 376 g/mol. The zero-order chi connectivity index (χ0) is 19.3. The monoisotopic (exact) mass is 375 g/mol. The van der Waals surface area contributed by atoms with E-state index in [2.05, 4.69) is 15.6 Å². The predicted octanol–water partition coefficient (Wildman–Crippen LogP) is 2.51. The molecule has 8 heteroatoms. The Hall–Kier alpha value is -2.93. The molecule has 0 saturated heterocycles. The summed E-state index contributed by atoms with van der Waals surface area (Å²) >= 11 is 5.99. The van der Waals surface area contributed by atoms with Gasteiger partial charge >= 0.3 is 5.97 Å². The Kier molecular flexibility index (Phi) is 6.30. The van der Waals surface area contributed by atoms with Gasteiger partial charge in [0.2, 0.25) is 0 Å². The second-order valence-corrected chi connectivity index (χ2v) is 5.89. The van der Waals surface area contributed by atoms with Gasteiger partial charge in [-0.05, 0) is 43.7 Å². The van der Waals surface area contributed by atoms with Crippen molar-refractivity contribution < 1.29 is 19.1 Å². The van der Waals surface area contributed by atoms with Crippen LogP contribution in [0.5, 0.6) is 0 Å². The molecule has 26 heavy (non-hydrogen) atoms. The number of nitrogens with zero attached hydrogens (tertiary/aromatic N) is 1. The number of esters is 1. The summed E-state index contributed by atoms with van der Waals surface area (Å²) < 4.78 is 5.01. The largest absolute Gasteiger partial charge is 0.452 e. The highest BCUT2D eigenvalue weighted by Gasteiger charge is 2.18. The van der Waals surface area contributed by atoms with Crippen LogP contribution in [0.3, 0.4) is 0 Å². The maximum Gasteiger partial charge on any atom is 0.342 e. The molecule has 0 unspecified atom stereocenters. The molecule has 136 valence electrons. The number of ether oxygens (including phenoxy) is 1. The number of amides is 2. The van der Waals surface area contributed by atoms with Gasteiger partial charge in [-0.3, -0.25) is 9.59 Å². The Balaban J connectivity index is 1.99. The lowest BCUT2D eigenvalue weighted by atomic mass is 10.1. The molecule has 2 amide bonds. The van der Waals surface area contributed by atoms with E-state index >= 15 is 0 Å². The lowest BCUT2D eigenvalue weighted by Crippen LogP contribution is -2.22. The van der Waals surface area contributed by atoms with Gasteiger partial charge in [0.15, 0.2) is 6.61 Å². The van der Waals surface area contributed by atoms with Gasteiger partial charge in [-0.15, -0.1) is 0 Å². The SMILES string of the molecule is CNC(=O)c1cccc(NC(=O)COC(=O)c2c(C)cc(C)nc2Cl)c1. The number of pyridine rings is 1. The van der Waals surface area contributed by atoms with Crippen molar-refractivity contribution in [2.45, 2.75) is 13.8 Å². The molecular formula is C18H18ClN3O4. The first-order valence-corrected chi connectivity index (χ1v) is 8.12. The van der Waals surface area contributed by atoms with Gasteiger partial charge in [-0.1, -0.05) is 17.7 Å². The van der Waals surface area contributed by atoms with E-state index < -0.39 is 18.5 Å². The molecule has 1 aromatic carbocycles. The third-order valence-electron chi connectivity index (χ3n) is 3.47. The quantitative estimate of drug-likeness (QED) is 0.618. The Labute approximate surface area is 155 Å². The van der Waals surface area contributed by atoms with E-state index in [4.69, 9.17) is 16.3 Å². The van der Waals surface area contributed by atoms with Gasteiger partial charge in [-0.2, -0.15) is 0 Å². The van der Waals surface area contributed by atoms with Crippen LogP contribution in [0.15, 0.2) is 30.3 Å². The van der Waals surface area contributed by atoms with Gasteiger partial charge in [0.25, 0.3) is 11.8 Å². The maximum absolute atomic E-state index is 12.2. The molecule has 7 nitrogen and oxygen atoms in total. The van der Waals surface area contributed by atoms with Gasteiger partial charge in [-0.25, -0.2) is 9.78 Å². The highest BCUT2D eigenvalue weighted by atomic mass is 35.5. The zero-order valence-electron chi connectivity index (χ0n) is 14.6. The lowest BCUT2D eigenvalue weighted by molar-refractivity contribution is -0.119. The Bertz CT molecular complexity index is 844. The molecule has 2 aromatic rings. The number of aryl methyl sites for hydroxylation is 2. The van der Waals surface area contributed by atoms with Gasteiger partial charge in [0.05, 0.1) is 5.56 Å². The van der Waals surface area contributed by atoms with Gasteiger partial charge in [0, 0.05) is 24.0 Å². The number of rotatable bonds is 5. The summed E-state index contributed by atoms with van der Waals surface area (Å²) in [6.45, 7) is 2.97. The summed E-state index contributed by atoms with van der Waals surface area (Å²) in [5, 5.41) is 5.09. The summed E-state index contributed by atoms with van der Waals surface area (Å²) in [6, 6.07) is 8.09. The molecule has 2 rings (SSSR count). The molecule has 0 atom stereocenters. The number of carbonyl (C=O) groups is 3. The molecule has 0 aliphatic rings. The van der Waals surface area contributed by atoms with Gasteiger partial charge in [0.1, 0.15) is 5.15 Å². The molecule has 0 spiro atoms. The average Bonchev–Trinajstić information content (AvgIpc) is 2.58. The van der Waals surface area contributed by atoms with Crippen LogP contribution < -0.4 is 10.6 Å². The molecule has 2 N–H and O–H groups in total. The summed E-state index contributed by atoms with van der Waals surface area (Å²) in [5.74, 6) is -1.54. The van der Waals surface area contributed by atoms with Crippen LogP contribution in [0, 0.1) is 13.8 Å². The van der Waals surface area contributed by atoms with Gasteiger partial charge < -0.3 is 15.4 Å². The summed E-state index contributed by atoms with van der Waals surface area (Å²) in [7, 11) is 1.51. The molecule has 0 saturated carbocycles. The highest BCUT2D eigenvalue weighted by Crippen LogP contribution is 2.19.